The van der Waals surface area contributed by atoms with Crippen LogP contribution in [0.25, 0.3) is 0 Å². The highest BCUT2D eigenvalue weighted by Crippen LogP contribution is 2.21. The topological polar surface area (TPSA) is 68.2 Å². The van der Waals surface area contributed by atoms with Crippen molar-refractivity contribution < 1.29 is 9.53 Å². The van der Waals surface area contributed by atoms with Crippen LogP contribution >= 0.6 is 11.5 Å². The fraction of sp³-hybridized carbons (Fsp3) is 0.385. The molecule has 3 heterocycles. The summed E-state index contributed by atoms with van der Waals surface area (Å²) in [6.07, 6.45) is 1.76. The van der Waals surface area contributed by atoms with Gasteiger partial charge >= 0.3 is 0 Å². The van der Waals surface area contributed by atoms with E-state index in [0.29, 0.717) is 23.7 Å². The van der Waals surface area contributed by atoms with Crippen LogP contribution < -0.4 is 4.74 Å². The molecule has 0 atom stereocenters. The van der Waals surface area contributed by atoms with E-state index in [1.807, 2.05) is 19.1 Å². The summed E-state index contributed by atoms with van der Waals surface area (Å²) < 4.78 is 9.58. The summed E-state index contributed by atoms with van der Waals surface area (Å²) in [5.74, 6) is 0.786. The number of pyridine rings is 1. The van der Waals surface area contributed by atoms with Gasteiger partial charge in [0.1, 0.15) is 16.7 Å². The van der Waals surface area contributed by atoms with E-state index in [2.05, 4.69) is 14.6 Å². The normalized spacial score (nSPS) is 15.0. The van der Waals surface area contributed by atoms with E-state index in [0.717, 1.165) is 23.0 Å². The standard InChI is InChI=1S/C13H14N4O2S/c1-8-5-10(3-4-14-8)19-11-6-17(7-11)13(18)12-9(2)15-16-20-12/h3-5,11H,6-7H2,1-2H3. The van der Waals surface area contributed by atoms with E-state index in [-0.39, 0.29) is 12.0 Å². The molecule has 0 unspecified atom stereocenters. The summed E-state index contributed by atoms with van der Waals surface area (Å²) in [7, 11) is 0. The molecule has 1 amide bonds. The molecule has 0 N–H and O–H groups in total. The number of hydrogen-bond acceptors (Lipinski definition) is 6. The first-order valence-electron chi connectivity index (χ1n) is 6.31. The van der Waals surface area contributed by atoms with Crippen LogP contribution in [0, 0.1) is 13.8 Å². The third kappa shape index (κ3) is 2.49. The smallest absolute Gasteiger partial charge is 0.267 e. The van der Waals surface area contributed by atoms with Gasteiger partial charge in [0.15, 0.2) is 0 Å². The number of rotatable bonds is 3. The van der Waals surface area contributed by atoms with E-state index in [1.165, 1.54) is 0 Å². The summed E-state index contributed by atoms with van der Waals surface area (Å²) >= 11 is 1.14. The van der Waals surface area contributed by atoms with Crippen LogP contribution in [0.4, 0.5) is 0 Å². The Bertz CT molecular complexity index is 637. The predicted octanol–water partition coefficient (Wildman–Crippen LogP) is 1.45. The SMILES string of the molecule is Cc1cc(OC2CN(C(=O)c3snnc3C)C2)ccn1. The Morgan fingerprint density at radius 2 is 2.25 bits per heavy atom. The van der Waals surface area contributed by atoms with Crippen molar-refractivity contribution in [1.29, 1.82) is 0 Å². The summed E-state index contributed by atoms with van der Waals surface area (Å²) in [6, 6.07) is 3.72. The number of amides is 1. The quantitative estimate of drug-likeness (QED) is 0.856. The molecule has 1 saturated heterocycles. The molecule has 0 radical (unpaired) electrons. The number of ether oxygens (including phenoxy) is 1. The van der Waals surface area contributed by atoms with Gasteiger partial charge in [0.2, 0.25) is 0 Å². The number of hydrogen-bond donors (Lipinski definition) is 0. The maximum absolute atomic E-state index is 12.2. The molecule has 1 aliphatic rings. The van der Waals surface area contributed by atoms with Crippen molar-refractivity contribution in [3.05, 3.63) is 34.6 Å². The van der Waals surface area contributed by atoms with Gasteiger partial charge < -0.3 is 9.64 Å². The molecule has 1 fully saturated rings. The first-order valence-corrected chi connectivity index (χ1v) is 7.08. The third-order valence-electron chi connectivity index (χ3n) is 3.15. The van der Waals surface area contributed by atoms with Gasteiger partial charge in [-0.25, -0.2) is 0 Å². The highest BCUT2D eigenvalue weighted by Gasteiger charge is 2.34. The number of carbonyl (C=O) groups excluding carboxylic acids is 1. The fourth-order valence-electron chi connectivity index (χ4n) is 2.04. The average Bonchev–Trinajstić information content (AvgIpc) is 2.79. The van der Waals surface area contributed by atoms with E-state index in [4.69, 9.17) is 4.74 Å². The molecular formula is C13H14N4O2S. The van der Waals surface area contributed by atoms with Gasteiger partial charge in [-0.1, -0.05) is 4.49 Å². The molecule has 2 aromatic heterocycles. The lowest BCUT2D eigenvalue weighted by Gasteiger charge is -2.38. The van der Waals surface area contributed by atoms with Crippen LogP contribution in [0.5, 0.6) is 5.75 Å². The second-order valence-corrected chi connectivity index (χ2v) is 5.52. The Morgan fingerprint density at radius 3 is 2.90 bits per heavy atom. The minimum Gasteiger partial charge on any atom is -0.487 e. The minimum absolute atomic E-state index is 0.0109. The van der Waals surface area contributed by atoms with Gasteiger partial charge in [-0.05, 0) is 31.4 Å². The van der Waals surface area contributed by atoms with Crippen molar-refractivity contribution >= 4 is 17.4 Å². The Balaban J connectivity index is 1.57. The Hall–Kier alpha value is -2.02. The molecule has 0 aliphatic carbocycles. The summed E-state index contributed by atoms with van der Waals surface area (Å²) in [6.45, 7) is 4.91. The molecule has 20 heavy (non-hydrogen) atoms. The van der Waals surface area contributed by atoms with Crippen molar-refractivity contribution in [1.82, 2.24) is 19.5 Å². The van der Waals surface area contributed by atoms with Crippen LogP contribution in [0.1, 0.15) is 21.1 Å². The summed E-state index contributed by atoms with van der Waals surface area (Å²) in [5, 5.41) is 3.86. The molecule has 0 aromatic carbocycles. The summed E-state index contributed by atoms with van der Waals surface area (Å²) in [4.78, 5) is 18.6. The average molecular weight is 290 g/mol. The molecule has 3 rings (SSSR count). The Morgan fingerprint density at radius 1 is 1.45 bits per heavy atom. The van der Waals surface area contributed by atoms with Crippen LogP contribution in [-0.4, -0.2) is 44.6 Å². The van der Waals surface area contributed by atoms with E-state index >= 15 is 0 Å². The lowest BCUT2D eigenvalue weighted by molar-refractivity contribution is 0.0180. The van der Waals surface area contributed by atoms with Gasteiger partial charge in [0, 0.05) is 18.0 Å². The summed E-state index contributed by atoms with van der Waals surface area (Å²) in [5.41, 5.74) is 1.61. The molecular weight excluding hydrogens is 276 g/mol. The molecule has 0 spiro atoms. The van der Waals surface area contributed by atoms with Crippen molar-refractivity contribution in [3.8, 4) is 5.75 Å². The highest BCUT2D eigenvalue weighted by atomic mass is 32.1. The maximum atomic E-state index is 12.2. The molecule has 2 aromatic rings. The van der Waals surface area contributed by atoms with Crippen molar-refractivity contribution in [2.75, 3.05) is 13.1 Å². The first kappa shape index (κ1) is 13.0. The maximum Gasteiger partial charge on any atom is 0.267 e. The van der Waals surface area contributed by atoms with Crippen LogP contribution in [0.3, 0.4) is 0 Å². The van der Waals surface area contributed by atoms with E-state index in [9.17, 15) is 4.79 Å². The number of carbonyl (C=O) groups is 1. The molecule has 1 aliphatic heterocycles. The fourth-order valence-corrected chi connectivity index (χ4v) is 2.66. The second-order valence-electron chi connectivity index (χ2n) is 4.77. The highest BCUT2D eigenvalue weighted by molar-refractivity contribution is 7.07. The third-order valence-corrected chi connectivity index (χ3v) is 3.97. The van der Waals surface area contributed by atoms with Gasteiger partial charge in [-0.2, -0.15) is 0 Å². The number of aromatic nitrogens is 3. The van der Waals surface area contributed by atoms with E-state index in [1.54, 1.807) is 18.0 Å². The van der Waals surface area contributed by atoms with Crippen LogP contribution in [-0.2, 0) is 0 Å². The molecule has 104 valence electrons. The zero-order chi connectivity index (χ0) is 14.1. The van der Waals surface area contributed by atoms with Crippen molar-refractivity contribution in [2.45, 2.75) is 20.0 Å². The van der Waals surface area contributed by atoms with Crippen LogP contribution in [0.2, 0.25) is 0 Å². The van der Waals surface area contributed by atoms with Crippen LogP contribution in [0.15, 0.2) is 18.3 Å². The van der Waals surface area contributed by atoms with Crippen molar-refractivity contribution in [2.24, 2.45) is 0 Å². The first-order chi connectivity index (χ1) is 9.63. The van der Waals surface area contributed by atoms with Gasteiger partial charge in [-0.3, -0.25) is 9.78 Å². The zero-order valence-electron chi connectivity index (χ0n) is 11.2. The van der Waals surface area contributed by atoms with Gasteiger partial charge in [-0.15, -0.1) is 5.10 Å². The number of aryl methyl sites for hydroxylation is 2. The largest absolute Gasteiger partial charge is 0.487 e. The minimum atomic E-state index is -0.0109. The lowest BCUT2D eigenvalue weighted by atomic mass is 10.1. The van der Waals surface area contributed by atoms with Gasteiger partial charge in [0.25, 0.3) is 5.91 Å². The van der Waals surface area contributed by atoms with E-state index < -0.39 is 0 Å². The predicted molar refractivity (Wildman–Crippen MR) is 73.9 cm³/mol. The Kier molecular flexibility index (Phi) is 3.35. The number of nitrogens with zero attached hydrogens (tertiary/aromatic N) is 4. The molecule has 6 nitrogen and oxygen atoms in total. The van der Waals surface area contributed by atoms with Crippen molar-refractivity contribution in [3.63, 3.8) is 0 Å². The lowest BCUT2D eigenvalue weighted by Crippen LogP contribution is -2.56. The molecule has 7 heteroatoms. The molecule has 0 saturated carbocycles. The van der Waals surface area contributed by atoms with Gasteiger partial charge in [0.05, 0.1) is 18.8 Å². The second kappa shape index (κ2) is 5.16. The zero-order valence-corrected chi connectivity index (χ0v) is 12.1. The monoisotopic (exact) mass is 290 g/mol. The Labute approximate surface area is 120 Å². The number of likely N-dealkylation sites (tertiary alicyclic amines) is 1. The molecule has 0 bridgehead atoms.